The molecule has 2 aromatic rings. The lowest BCUT2D eigenvalue weighted by molar-refractivity contribution is -0.113. The first-order valence-corrected chi connectivity index (χ1v) is 10.3. The smallest absolute Gasteiger partial charge is 0.239 e. The number of hydrogen-bond donors (Lipinski definition) is 2. The van der Waals surface area contributed by atoms with Crippen LogP contribution in [0.5, 0.6) is 5.75 Å². The minimum atomic E-state index is -3.44. The molecule has 6 nitrogen and oxygen atoms in total. The maximum absolute atomic E-state index is 12.1. The molecule has 0 saturated heterocycles. The SMILES string of the molecule is NCCOc1ccc(NC(=O)CS(=O)(=O)CCCc2ccccc2)cc1. The second-order valence-electron chi connectivity index (χ2n) is 5.89. The lowest BCUT2D eigenvalue weighted by Crippen LogP contribution is -2.24. The van der Waals surface area contributed by atoms with Gasteiger partial charge in [0.15, 0.2) is 9.84 Å². The molecule has 2 rings (SSSR count). The molecule has 7 heteroatoms. The zero-order chi connectivity index (χ0) is 18.8. The number of nitrogens with one attached hydrogen (secondary N) is 1. The van der Waals surface area contributed by atoms with E-state index in [2.05, 4.69) is 5.32 Å². The third kappa shape index (κ3) is 7.25. The Morgan fingerprint density at radius 3 is 2.38 bits per heavy atom. The van der Waals surface area contributed by atoms with E-state index in [0.717, 1.165) is 5.56 Å². The van der Waals surface area contributed by atoms with Crippen molar-refractivity contribution in [3.8, 4) is 5.75 Å². The number of sulfone groups is 1. The number of hydrogen-bond acceptors (Lipinski definition) is 5. The third-order valence-electron chi connectivity index (χ3n) is 3.64. The van der Waals surface area contributed by atoms with Crippen LogP contribution in [0.4, 0.5) is 5.69 Å². The van der Waals surface area contributed by atoms with Gasteiger partial charge in [-0.15, -0.1) is 0 Å². The molecule has 0 aliphatic carbocycles. The number of benzene rings is 2. The summed E-state index contributed by atoms with van der Waals surface area (Å²) < 4.78 is 29.5. The second kappa shape index (κ2) is 9.94. The molecule has 3 N–H and O–H groups in total. The molecular weight excluding hydrogens is 352 g/mol. The van der Waals surface area contributed by atoms with Crippen molar-refractivity contribution < 1.29 is 17.9 Å². The highest BCUT2D eigenvalue weighted by Crippen LogP contribution is 2.15. The van der Waals surface area contributed by atoms with Gasteiger partial charge in [-0.05, 0) is 42.7 Å². The molecule has 2 aromatic carbocycles. The summed E-state index contributed by atoms with van der Waals surface area (Å²) >= 11 is 0. The number of carbonyl (C=O) groups is 1. The van der Waals surface area contributed by atoms with Gasteiger partial charge in [0.1, 0.15) is 18.1 Å². The van der Waals surface area contributed by atoms with Crippen molar-refractivity contribution in [2.75, 3.05) is 30.0 Å². The summed E-state index contributed by atoms with van der Waals surface area (Å²) in [6, 6.07) is 16.4. The average molecular weight is 376 g/mol. The topological polar surface area (TPSA) is 98.5 Å². The van der Waals surface area contributed by atoms with Gasteiger partial charge in [0, 0.05) is 12.2 Å². The van der Waals surface area contributed by atoms with Gasteiger partial charge in [-0.3, -0.25) is 4.79 Å². The molecule has 0 heterocycles. The summed E-state index contributed by atoms with van der Waals surface area (Å²) in [6.45, 7) is 0.827. The number of ether oxygens (including phenoxy) is 1. The zero-order valence-electron chi connectivity index (χ0n) is 14.6. The predicted molar refractivity (Wildman–Crippen MR) is 103 cm³/mol. The minimum absolute atomic E-state index is 0.0127. The van der Waals surface area contributed by atoms with E-state index in [4.69, 9.17) is 10.5 Å². The first-order chi connectivity index (χ1) is 12.5. The Bertz CT molecular complexity index is 790. The van der Waals surface area contributed by atoms with Crippen molar-refractivity contribution >= 4 is 21.4 Å². The number of amides is 1. The van der Waals surface area contributed by atoms with E-state index in [0.29, 0.717) is 37.4 Å². The molecule has 0 atom stereocenters. The molecule has 140 valence electrons. The Balaban J connectivity index is 1.78. The zero-order valence-corrected chi connectivity index (χ0v) is 15.4. The van der Waals surface area contributed by atoms with Crippen LogP contribution in [-0.4, -0.2) is 39.0 Å². The summed E-state index contributed by atoms with van der Waals surface area (Å²) in [5, 5.41) is 2.59. The predicted octanol–water partition coefficient (Wildman–Crippen LogP) is 2.01. The molecular formula is C19H24N2O4S. The lowest BCUT2D eigenvalue weighted by Gasteiger charge is -2.08. The first-order valence-electron chi connectivity index (χ1n) is 8.46. The van der Waals surface area contributed by atoms with Gasteiger partial charge in [0.25, 0.3) is 0 Å². The quantitative estimate of drug-likeness (QED) is 0.661. The van der Waals surface area contributed by atoms with E-state index >= 15 is 0 Å². The monoisotopic (exact) mass is 376 g/mol. The Morgan fingerprint density at radius 2 is 1.73 bits per heavy atom. The summed E-state index contributed by atoms with van der Waals surface area (Å²) in [4.78, 5) is 12.0. The van der Waals surface area contributed by atoms with Gasteiger partial charge >= 0.3 is 0 Å². The molecule has 0 saturated carbocycles. The third-order valence-corrected chi connectivity index (χ3v) is 5.25. The minimum Gasteiger partial charge on any atom is -0.492 e. The van der Waals surface area contributed by atoms with Crippen LogP contribution in [0.25, 0.3) is 0 Å². The lowest BCUT2D eigenvalue weighted by atomic mass is 10.1. The van der Waals surface area contributed by atoms with Crippen LogP contribution in [0.2, 0.25) is 0 Å². The molecule has 0 aromatic heterocycles. The summed E-state index contributed by atoms with van der Waals surface area (Å²) in [7, 11) is -3.44. The van der Waals surface area contributed by atoms with Crippen LogP contribution in [0.1, 0.15) is 12.0 Å². The Morgan fingerprint density at radius 1 is 1.04 bits per heavy atom. The molecule has 0 aliphatic heterocycles. The van der Waals surface area contributed by atoms with Crippen LogP contribution in [0, 0.1) is 0 Å². The van der Waals surface area contributed by atoms with Crippen LogP contribution in [0.15, 0.2) is 54.6 Å². The fraction of sp³-hybridized carbons (Fsp3) is 0.316. The van der Waals surface area contributed by atoms with Crippen molar-refractivity contribution in [3.63, 3.8) is 0 Å². The number of aryl methyl sites for hydroxylation is 1. The van der Waals surface area contributed by atoms with Crippen LogP contribution in [0.3, 0.4) is 0 Å². The fourth-order valence-electron chi connectivity index (χ4n) is 2.42. The summed E-state index contributed by atoms with van der Waals surface area (Å²) in [6.07, 6.45) is 1.17. The van der Waals surface area contributed by atoms with Gasteiger partial charge < -0.3 is 15.8 Å². The fourth-order valence-corrected chi connectivity index (χ4v) is 3.62. The Kier molecular flexibility index (Phi) is 7.62. The average Bonchev–Trinajstić information content (AvgIpc) is 2.61. The number of rotatable bonds is 10. The molecule has 0 spiro atoms. The summed E-state index contributed by atoms with van der Waals surface area (Å²) in [5.41, 5.74) is 6.97. The van der Waals surface area contributed by atoms with Crippen molar-refractivity contribution in [1.82, 2.24) is 0 Å². The van der Waals surface area contributed by atoms with E-state index in [-0.39, 0.29) is 5.75 Å². The largest absolute Gasteiger partial charge is 0.492 e. The Hall–Kier alpha value is -2.38. The van der Waals surface area contributed by atoms with Crippen molar-refractivity contribution in [2.45, 2.75) is 12.8 Å². The molecule has 0 fully saturated rings. The highest BCUT2D eigenvalue weighted by Gasteiger charge is 2.16. The van der Waals surface area contributed by atoms with Gasteiger partial charge in [0.05, 0.1) is 5.75 Å². The maximum atomic E-state index is 12.1. The highest BCUT2D eigenvalue weighted by molar-refractivity contribution is 7.92. The van der Waals surface area contributed by atoms with Gasteiger partial charge in [0.2, 0.25) is 5.91 Å². The molecule has 1 amide bonds. The van der Waals surface area contributed by atoms with Crippen LogP contribution in [-0.2, 0) is 21.1 Å². The maximum Gasteiger partial charge on any atom is 0.239 e. The summed E-state index contributed by atoms with van der Waals surface area (Å²) in [5.74, 6) is -0.434. The molecule has 26 heavy (non-hydrogen) atoms. The highest BCUT2D eigenvalue weighted by atomic mass is 32.2. The second-order valence-corrected chi connectivity index (χ2v) is 8.07. The Labute approximate surface area is 154 Å². The van der Waals surface area contributed by atoms with E-state index < -0.39 is 21.5 Å². The van der Waals surface area contributed by atoms with Crippen LogP contribution < -0.4 is 15.8 Å². The number of nitrogens with two attached hydrogens (primary N) is 1. The van der Waals surface area contributed by atoms with Gasteiger partial charge in [-0.2, -0.15) is 0 Å². The van der Waals surface area contributed by atoms with E-state index in [1.54, 1.807) is 24.3 Å². The molecule has 0 aliphatic rings. The van der Waals surface area contributed by atoms with E-state index in [1.807, 2.05) is 30.3 Å². The first kappa shape index (κ1) is 19.9. The van der Waals surface area contributed by atoms with Crippen molar-refractivity contribution in [3.05, 3.63) is 60.2 Å². The van der Waals surface area contributed by atoms with E-state index in [9.17, 15) is 13.2 Å². The van der Waals surface area contributed by atoms with E-state index in [1.165, 1.54) is 0 Å². The van der Waals surface area contributed by atoms with Crippen molar-refractivity contribution in [1.29, 1.82) is 0 Å². The molecule has 0 bridgehead atoms. The molecule has 0 unspecified atom stereocenters. The van der Waals surface area contributed by atoms with Gasteiger partial charge in [-0.25, -0.2) is 8.42 Å². The number of anilines is 1. The van der Waals surface area contributed by atoms with Crippen molar-refractivity contribution in [2.24, 2.45) is 5.73 Å². The number of carbonyl (C=O) groups excluding carboxylic acids is 1. The standard InChI is InChI=1S/C19H24N2O4S/c20-12-13-25-18-10-8-17(9-11-18)21-19(22)15-26(23,24)14-4-7-16-5-2-1-3-6-16/h1-3,5-6,8-11H,4,7,12-15,20H2,(H,21,22). The normalized spacial score (nSPS) is 11.1. The van der Waals surface area contributed by atoms with Gasteiger partial charge in [-0.1, -0.05) is 30.3 Å². The molecule has 0 radical (unpaired) electrons. The van der Waals surface area contributed by atoms with Crippen LogP contribution >= 0.6 is 0 Å².